The van der Waals surface area contributed by atoms with Crippen molar-refractivity contribution < 1.29 is 29.7 Å². The summed E-state index contributed by atoms with van der Waals surface area (Å²) in [5.74, 6) is 1.02. The van der Waals surface area contributed by atoms with Crippen molar-refractivity contribution in [2.24, 2.45) is 9.98 Å². The second-order valence-electron chi connectivity index (χ2n) is 14.2. The fourth-order valence-electron chi connectivity index (χ4n) is 7.05. The van der Waals surface area contributed by atoms with E-state index in [1.54, 1.807) is 24.3 Å². The van der Waals surface area contributed by atoms with E-state index in [0.717, 1.165) is 11.1 Å². The summed E-state index contributed by atoms with van der Waals surface area (Å²) >= 11 is 0. The Labute approximate surface area is 389 Å². The number of hydrogen-bond donors (Lipinski definition) is 1. The number of pyridine rings is 2. The molecular formula is C54H43N5O2P2Ru+2. The molecule has 0 amide bonds. The summed E-state index contributed by atoms with van der Waals surface area (Å²) in [6.45, 7) is 0. The number of amidine groups is 2. The minimum Gasteiger partial charge on any atom is -0.859 e. The van der Waals surface area contributed by atoms with Crippen molar-refractivity contribution in [3.8, 4) is 11.8 Å². The molecule has 0 bridgehead atoms. The van der Waals surface area contributed by atoms with Gasteiger partial charge in [-0.05, 0) is 102 Å². The molecule has 0 radical (unpaired) electrons. The molecule has 0 fully saturated rings. The van der Waals surface area contributed by atoms with E-state index >= 15 is 0 Å². The third-order valence-electron chi connectivity index (χ3n) is 9.86. The van der Waals surface area contributed by atoms with Gasteiger partial charge in [-0.1, -0.05) is 152 Å². The zero-order valence-electron chi connectivity index (χ0n) is 34.5. The van der Waals surface area contributed by atoms with E-state index in [2.05, 4.69) is 207 Å². The molecule has 2 aromatic heterocycles. The van der Waals surface area contributed by atoms with Crippen LogP contribution in [-0.4, -0.2) is 26.7 Å². The van der Waals surface area contributed by atoms with Crippen LogP contribution in [0.2, 0.25) is 0 Å². The van der Waals surface area contributed by atoms with Crippen molar-refractivity contribution in [1.29, 1.82) is 0 Å². The van der Waals surface area contributed by atoms with Gasteiger partial charge in [0.2, 0.25) is 5.88 Å². The number of hydrogen-bond acceptors (Lipinski definition) is 6. The number of aromatic nitrogens is 2. The Morgan fingerprint density at radius 3 is 0.969 bits per heavy atom. The van der Waals surface area contributed by atoms with Crippen LogP contribution >= 0.6 is 15.8 Å². The molecule has 7 aromatic carbocycles. The molecule has 0 atom stereocenters. The molecule has 10 rings (SSSR count). The second-order valence-corrected chi connectivity index (χ2v) is 19.1. The molecule has 0 aliphatic carbocycles. The van der Waals surface area contributed by atoms with Gasteiger partial charge in [0.1, 0.15) is 31.8 Å². The third kappa shape index (κ3) is 11.9. The number of fused-ring (bicyclic) bond motifs is 1. The molecule has 1 aliphatic rings. The van der Waals surface area contributed by atoms with Crippen molar-refractivity contribution in [3.63, 3.8) is 0 Å². The molecule has 10 heteroatoms. The van der Waals surface area contributed by atoms with E-state index in [1.807, 2.05) is 24.3 Å². The molecule has 312 valence electrons. The smallest absolute Gasteiger partial charge is 0.859 e. The van der Waals surface area contributed by atoms with Gasteiger partial charge in [0, 0.05) is 17.7 Å². The summed E-state index contributed by atoms with van der Waals surface area (Å²) in [6.07, 6.45) is 0. The molecule has 64 heavy (non-hydrogen) atoms. The average Bonchev–Trinajstić information content (AvgIpc) is 3.67. The Morgan fingerprint density at radius 1 is 0.359 bits per heavy atom. The largest absolute Gasteiger partial charge is 2.00 e. The van der Waals surface area contributed by atoms with Gasteiger partial charge in [-0.3, -0.25) is 4.98 Å². The Bertz CT molecular complexity index is 2510. The summed E-state index contributed by atoms with van der Waals surface area (Å²) < 4.78 is 0. The predicted molar refractivity (Wildman–Crippen MR) is 265 cm³/mol. The van der Waals surface area contributed by atoms with Crippen LogP contribution in [0.15, 0.2) is 253 Å². The van der Waals surface area contributed by atoms with Crippen LogP contribution in [0.25, 0.3) is 5.32 Å². The average molecular weight is 957 g/mol. The zero-order chi connectivity index (χ0) is 43.1. The van der Waals surface area contributed by atoms with E-state index in [1.165, 1.54) is 44.0 Å². The summed E-state index contributed by atoms with van der Waals surface area (Å²) in [4.78, 5) is 16.5. The fourth-order valence-corrected chi connectivity index (χ4v) is 12.2. The number of rotatable bonds is 8. The quantitative estimate of drug-likeness (QED) is 0.121. The summed E-state index contributed by atoms with van der Waals surface area (Å²) in [6, 6.07) is 81.9. The summed E-state index contributed by atoms with van der Waals surface area (Å²) in [7, 11) is -1.75. The van der Waals surface area contributed by atoms with E-state index < -0.39 is 15.8 Å². The SMILES string of the molecule is [O-]c1cccc(N=C2[N-]C(=Nc3cccc(O)n3)c3ccccc32)n1.[Ru+2].c1ccc([PH+](c2ccccc2)c2ccccc2)cc1.c1ccc([PH+](c2ccccc2)c2ccccc2)cc1. The molecule has 0 saturated heterocycles. The van der Waals surface area contributed by atoms with Gasteiger partial charge in [-0.2, -0.15) is 0 Å². The van der Waals surface area contributed by atoms with Crippen LogP contribution in [-0.2, 0) is 19.5 Å². The molecule has 1 N–H and O–H groups in total. The Hall–Kier alpha value is -6.94. The molecule has 0 unspecified atom stereocenters. The second kappa shape index (κ2) is 22.9. The zero-order valence-corrected chi connectivity index (χ0v) is 38.3. The maximum absolute atomic E-state index is 11.4. The van der Waals surface area contributed by atoms with Crippen LogP contribution in [0.1, 0.15) is 11.1 Å². The van der Waals surface area contributed by atoms with Crippen LogP contribution in [0, 0.1) is 0 Å². The maximum atomic E-state index is 11.4. The Morgan fingerprint density at radius 2 is 0.656 bits per heavy atom. The van der Waals surface area contributed by atoms with Gasteiger partial charge in [0.25, 0.3) is 0 Å². The molecule has 0 saturated carbocycles. The number of nitrogens with zero attached hydrogens (tertiary/aromatic N) is 5. The van der Waals surface area contributed by atoms with Crippen molar-refractivity contribution in [2.75, 3.05) is 0 Å². The monoisotopic (exact) mass is 957 g/mol. The van der Waals surface area contributed by atoms with Crippen molar-refractivity contribution in [2.45, 2.75) is 0 Å². The van der Waals surface area contributed by atoms with Gasteiger partial charge in [-0.25, -0.2) is 4.98 Å². The van der Waals surface area contributed by atoms with Gasteiger partial charge in [0.15, 0.2) is 0 Å². The summed E-state index contributed by atoms with van der Waals surface area (Å²) in [5, 5.41) is 33.9. The van der Waals surface area contributed by atoms with Crippen LogP contribution < -0.4 is 36.9 Å². The molecule has 3 heterocycles. The molecule has 9 aromatic rings. The van der Waals surface area contributed by atoms with E-state index in [9.17, 15) is 10.2 Å². The molecule has 0 spiro atoms. The molecule has 7 nitrogen and oxygen atoms in total. The topological polar surface area (TPSA) is 108 Å². The van der Waals surface area contributed by atoms with Crippen molar-refractivity contribution in [1.82, 2.24) is 9.97 Å². The molecule has 1 aliphatic heterocycles. The van der Waals surface area contributed by atoms with Gasteiger partial charge >= 0.3 is 19.5 Å². The Kier molecular flexibility index (Phi) is 16.2. The standard InChI is InChI=1S/C18H12N5O2.2C18H15P.Ru/c24-15-9-3-7-13(19-15)21-17-11-5-1-2-6-12(11)18(23-17)22-14-8-4-10-16(25)20-14;2*1-4-10-16(11-5-1)19(17-12-6-2-7-13-17)18-14-8-3-9-15-18;/h1-10H,(H2-,19,20,21,22,23,24,25);2*1-15H;/q-1;;;+2/p+1. The number of aliphatic imine (C=N–C) groups is 2. The van der Waals surface area contributed by atoms with E-state index in [0.29, 0.717) is 17.5 Å². The first kappa shape index (κ1) is 45.1. The normalized spacial score (nSPS) is 12.5. The van der Waals surface area contributed by atoms with Crippen molar-refractivity contribution >= 4 is 71.0 Å². The van der Waals surface area contributed by atoms with Gasteiger partial charge < -0.3 is 25.5 Å². The first-order valence-corrected chi connectivity index (χ1v) is 23.4. The van der Waals surface area contributed by atoms with Crippen LogP contribution in [0.3, 0.4) is 0 Å². The van der Waals surface area contributed by atoms with Crippen LogP contribution in [0.5, 0.6) is 11.8 Å². The van der Waals surface area contributed by atoms with E-state index in [4.69, 9.17) is 0 Å². The Balaban J connectivity index is 0.000000144. The minimum absolute atomic E-state index is 0. The first-order valence-electron chi connectivity index (χ1n) is 20.4. The fraction of sp³-hybridized carbons (Fsp3) is 0. The van der Waals surface area contributed by atoms with Gasteiger partial charge in [-0.15, -0.1) is 0 Å². The van der Waals surface area contributed by atoms with E-state index in [-0.39, 0.29) is 37.1 Å². The minimum atomic E-state index is -0.877. The number of aromatic hydroxyl groups is 1. The molecular weight excluding hydrogens is 914 g/mol. The van der Waals surface area contributed by atoms with Crippen LogP contribution in [0.4, 0.5) is 11.6 Å². The predicted octanol–water partition coefficient (Wildman–Crippen LogP) is 9.15. The van der Waals surface area contributed by atoms with Crippen molar-refractivity contribution in [3.05, 3.63) is 259 Å². The summed E-state index contributed by atoms with van der Waals surface area (Å²) in [5.41, 5.74) is 1.59. The van der Waals surface area contributed by atoms with Gasteiger partial charge in [0.05, 0.1) is 27.5 Å². The number of benzene rings is 7. The third-order valence-corrected chi connectivity index (χ3v) is 15.3. The maximum Gasteiger partial charge on any atom is 2.00 e. The first-order chi connectivity index (χ1) is 31.1.